The number of hydrogen-bond acceptors (Lipinski definition) is 3. The highest BCUT2D eigenvalue weighted by Crippen LogP contribution is 2.27. The van der Waals surface area contributed by atoms with E-state index in [4.69, 9.17) is 4.74 Å². The molecule has 0 aromatic heterocycles. The SMILES string of the molecule is COC(C)(CNS(=O)(=O)c1cc(C)c(C)cc1C)c1ccccc1F. The van der Waals surface area contributed by atoms with Crippen molar-refractivity contribution < 1.29 is 17.5 Å². The molecule has 0 bridgehead atoms. The lowest BCUT2D eigenvalue weighted by Crippen LogP contribution is -2.40. The minimum atomic E-state index is -3.75. The maximum absolute atomic E-state index is 14.1. The summed E-state index contributed by atoms with van der Waals surface area (Å²) in [6.45, 7) is 7.13. The Morgan fingerprint density at radius 1 is 1.08 bits per heavy atom. The van der Waals surface area contributed by atoms with Crippen LogP contribution >= 0.6 is 0 Å². The molecule has 0 saturated heterocycles. The fraction of sp³-hybridized carbons (Fsp3) is 0.368. The molecule has 0 aliphatic heterocycles. The molecule has 0 amide bonds. The van der Waals surface area contributed by atoms with Crippen LogP contribution < -0.4 is 4.72 Å². The third kappa shape index (κ3) is 4.08. The Morgan fingerprint density at radius 3 is 2.28 bits per heavy atom. The molecule has 4 nitrogen and oxygen atoms in total. The topological polar surface area (TPSA) is 55.4 Å². The van der Waals surface area contributed by atoms with Crippen LogP contribution in [0, 0.1) is 26.6 Å². The van der Waals surface area contributed by atoms with Crippen molar-refractivity contribution in [2.75, 3.05) is 13.7 Å². The largest absolute Gasteiger partial charge is 0.372 e. The van der Waals surface area contributed by atoms with Crippen LogP contribution in [0.1, 0.15) is 29.2 Å². The van der Waals surface area contributed by atoms with Gasteiger partial charge in [-0.2, -0.15) is 0 Å². The molecule has 0 radical (unpaired) electrons. The first kappa shape index (κ1) is 19.6. The Morgan fingerprint density at radius 2 is 1.68 bits per heavy atom. The van der Waals surface area contributed by atoms with E-state index in [0.29, 0.717) is 11.1 Å². The van der Waals surface area contributed by atoms with Gasteiger partial charge >= 0.3 is 0 Å². The highest BCUT2D eigenvalue weighted by atomic mass is 32.2. The van der Waals surface area contributed by atoms with Gasteiger partial charge in [-0.05, 0) is 56.5 Å². The molecule has 1 atom stereocenters. The van der Waals surface area contributed by atoms with Crippen LogP contribution in [0.5, 0.6) is 0 Å². The van der Waals surface area contributed by atoms with Crippen molar-refractivity contribution in [1.29, 1.82) is 0 Å². The molecule has 0 aliphatic carbocycles. The summed E-state index contributed by atoms with van der Waals surface area (Å²) in [6, 6.07) is 9.69. The summed E-state index contributed by atoms with van der Waals surface area (Å²) in [5.74, 6) is -0.437. The van der Waals surface area contributed by atoms with Crippen molar-refractivity contribution in [1.82, 2.24) is 4.72 Å². The number of hydrogen-bond donors (Lipinski definition) is 1. The molecule has 0 fully saturated rings. The van der Waals surface area contributed by atoms with Gasteiger partial charge in [0, 0.05) is 19.2 Å². The Kier molecular flexibility index (Phi) is 5.66. The van der Waals surface area contributed by atoms with Crippen LogP contribution in [0.15, 0.2) is 41.3 Å². The molecule has 1 N–H and O–H groups in total. The third-order valence-corrected chi connectivity index (χ3v) is 6.12. The average Bonchev–Trinajstić information content (AvgIpc) is 2.56. The first-order valence-corrected chi connectivity index (χ1v) is 9.47. The van der Waals surface area contributed by atoms with Crippen molar-refractivity contribution in [2.45, 2.75) is 38.2 Å². The number of rotatable bonds is 6. The van der Waals surface area contributed by atoms with Gasteiger partial charge in [0.1, 0.15) is 11.4 Å². The molecule has 6 heteroatoms. The molecule has 2 aromatic carbocycles. The molecule has 0 aliphatic rings. The van der Waals surface area contributed by atoms with Gasteiger partial charge in [0.15, 0.2) is 0 Å². The van der Waals surface area contributed by atoms with Crippen molar-refractivity contribution in [2.24, 2.45) is 0 Å². The van der Waals surface area contributed by atoms with Crippen LogP contribution in [0.3, 0.4) is 0 Å². The summed E-state index contributed by atoms with van der Waals surface area (Å²) < 4.78 is 47.6. The summed E-state index contributed by atoms with van der Waals surface area (Å²) in [7, 11) is -2.31. The fourth-order valence-electron chi connectivity index (χ4n) is 2.70. The minimum Gasteiger partial charge on any atom is -0.372 e. The van der Waals surface area contributed by atoms with Gasteiger partial charge in [-0.25, -0.2) is 17.5 Å². The molecule has 2 rings (SSSR count). The molecule has 2 aromatic rings. The van der Waals surface area contributed by atoms with Crippen LogP contribution in [-0.4, -0.2) is 22.1 Å². The highest BCUT2D eigenvalue weighted by molar-refractivity contribution is 7.89. The molecule has 136 valence electrons. The second kappa shape index (κ2) is 7.23. The van der Waals surface area contributed by atoms with Crippen LogP contribution in [0.25, 0.3) is 0 Å². The summed E-state index contributed by atoms with van der Waals surface area (Å²) in [5, 5.41) is 0. The van der Waals surface area contributed by atoms with E-state index >= 15 is 0 Å². The minimum absolute atomic E-state index is 0.0842. The van der Waals surface area contributed by atoms with Crippen molar-refractivity contribution >= 4 is 10.0 Å². The van der Waals surface area contributed by atoms with Gasteiger partial charge in [-0.15, -0.1) is 0 Å². The Balaban J connectivity index is 2.32. The Hall–Kier alpha value is -1.76. The lowest BCUT2D eigenvalue weighted by molar-refractivity contribution is 0.00410. The van der Waals surface area contributed by atoms with E-state index in [9.17, 15) is 12.8 Å². The quantitative estimate of drug-likeness (QED) is 0.851. The van der Waals surface area contributed by atoms with E-state index < -0.39 is 21.4 Å². The van der Waals surface area contributed by atoms with Crippen LogP contribution in [-0.2, 0) is 20.4 Å². The second-order valence-corrected chi connectivity index (χ2v) is 8.18. The predicted molar refractivity (Wildman–Crippen MR) is 96.6 cm³/mol. The number of aryl methyl sites for hydroxylation is 3. The van der Waals surface area contributed by atoms with E-state index in [1.807, 2.05) is 19.9 Å². The number of ether oxygens (including phenoxy) is 1. The van der Waals surface area contributed by atoms with Gasteiger partial charge in [0.25, 0.3) is 0 Å². The Bertz CT molecular complexity index is 880. The zero-order valence-electron chi connectivity index (χ0n) is 15.2. The van der Waals surface area contributed by atoms with Crippen molar-refractivity contribution in [3.05, 3.63) is 64.5 Å². The predicted octanol–water partition coefficient (Wildman–Crippen LogP) is 3.59. The maximum atomic E-state index is 14.1. The Labute approximate surface area is 149 Å². The first-order chi connectivity index (χ1) is 11.6. The number of halogens is 1. The van der Waals surface area contributed by atoms with Gasteiger partial charge < -0.3 is 4.74 Å². The summed E-state index contributed by atoms with van der Waals surface area (Å²) in [4.78, 5) is 0.225. The van der Waals surface area contributed by atoms with Gasteiger partial charge in [-0.3, -0.25) is 0 Å². The van der Waals surface area contributed by atoms with Crippen molar-refractivity contribution in [3.63, 3.8) is 0 Å². The molecule has 1 unspecified atom stereocenters. The van der Waals surface area contributed by atoms with E-state index in [1.54, 1.807) is 38.1 Å². The highest BCUT2D eigenvalue weighted by Gasteiger charge is 2.31. The fourth-order valence-corrected chi connectivity index (χ4v) is 4.14. The molecule has 0 heterocycles. The van der Waals surface area contributed by atoms with E-state index in [1.165, 1.54) is 13.2 Å². The molecule has 25 heavy (non-hydrogen) atoms. The lowest BCUT2D eigenvalue weighted by atomic mass is 9.95. The van der Waals surface area contributed by atoms with E-state index in [2.05, 4.69) is 4.72 Å². The van der Waals surface area contributed by atoms with Crippen LogP contribution in [0.2, 0.25) is 0 Å². The average molecular weight is 365 g/mol. The zero-order valence-corrected chi connectivity index (χ0v) is 16.0. The summed E-state index contributed by atoms with van der Waals surface area (Å²) in [5.41, 5.74) is 1.78. The van der Waals surface area contributed by atoms with Gasteiger partial charge in [-0.1, -0.05) is 24.3 Å². The molecule has 0 saturated carbocycles. The zero-order chi connectivity index (χ0) is 18.8. The number of sulfonamides is 1. The molecule has 0 spiro atoms. The maximum Gasteiger partial charge on any atom is 0.240 e. The molecular formula is C19H24FNO3S. The normalized spacial score (nSPS) is 14.3. The van der Waals surface area contributed by atoms with E-state index in [-0.39, 0.29) is 11.4 Å². The lowest BCUT2D eigenvalue weighted by Gasteiger charge is -2.29. The van der Waals surface area contributed by atoms with Gasteiger partial charge in [0.2, 0.25) is 10.0 Å². The second-order valence-electron chi connectivity index (χ2n) is 6.44. The monoisotopic (exact) mass is 365 g/mol. The van der Waals surface area contributed by atoms with Crippen molar-refractivity contribution in [3.8, 4) is 0 Å². The number of nitrogens with one attached hydrogen (secondary N) is 1. The van der Waals surface area contributed by atoms with Gasteiger partial charge in [0.05, 0.1) is 4.90 Å². The standard InChI is InChI=1S/C19H24FNO3S/c1-13-10-15(3)18(11-14(13)2)25(22,23)21-12-19(4,24-5)16-8-6-7-9-17(16)20/h6-11,21H,12H2,1-5H3. The van der Waals surface area contributed by atoms with E-state index in [0.717, 1.165) is 11.1 Å². The summed E-state index contributed by atoms with van der Waals surface area (Å²) >= 11 is 0. The molecular weight excluding hydrogens is 341 g/mol. The number of benzene rings is 2. The summed E-state index contributed by atoms with van der Waals surface area (Å²) in [6.07, 6.45) is 0. The number of methoxy groups -OCH3 is 1. The smallest absolute Gasteiger partial charge is 0.240 e. The van der Waals surface area contributed by atoms with Crippen LogP contribution in [0.4, 0.5) is 4.39 Å². The first-order valence-electron chi connectivity index (χ1n) is 7.98. The third-order valence-electron chi connectivity index (χ3n) is 4.57.